The second-order valence-corrected chi connectivity index (χ2v) is 9.58. The quantitative estimate of drug-likeness (QED) is 0.857. The number of benzene rings is 1. The normalized spacial score (nSPS) is 25.2. The molecule has 0 saturated heterocycles. The molecule has 1 aromatic carbocycles. The first-order valence-corrected chi connectivity index (χ1v) is 9.56. The van der Waals surface area contributed by atoms with Gasteiger partial charge in [0.2, 0.25) is 0 Å². The Hall–Kier alpha value is -0.830. The van der Waals surface area contributed by atoms with Crippen molar-refractivity contribution in [3.8, 4) is 0 Å². The summed E-state index contributed by atoms with van der Waals surface area (Å²) < 4.78 is 25.2. The van der Waals surface area contributed by atoms with Crippen molar-refractivity contribution in [2.75, 3.05) is 5.75 Å². The van der Waals surface area contributed by atoms with Crippen LogP contribution in [0.1, 0.15) is 43.2 Å². The van der Waals surface area contributed by atoms with E-state index >= 15 is 0 Å². The minimum atomic E-state index is -2.92. The maximum atomic E-state index is 12.6. The Kier molecular flexibility index (Phi) is 2.79. The number of hydrogen-bond acceptors (Lipinski definition) is 2. The van der Waals surface area contributed by atoms with Crippen LogP contribution in [0.4, 0.5) is 0 Å². The van der Waals surface area contributed by atoms with Gasteiger partial charge in [0.1, 0.15) is 0 Å². The fourth-order valence-corrected chi connectivity index (χ4v) is 6.64. The Morgan fingerprint density at radius 1 is 1.05 bits per heavy atom. The average Bonchev–Trinajstić information content (AvgIpc) is 2.75. The molecular weight excluding hydrogens is 268 g/mol. The second-order valence-electron chi connectivity index (χ2n) is 7.26. The van der Waals surface area contributed by atoms with E-state index in [0.29, 0.717) is 17.1 Å². The highest BCUT2D eigenvalue weighted by molar-refractivity contribution is 7.92. The minimum Gasteiger partial charge on any atom is -0.229 e. The first-order valence-electron chi connectivity index (χ1n) is 7.85. The van der Waals surface area contributed by atoms with Crippen molar-refractivity contribution >= 4 is 9.84 Å². The van der Waals surface area contributed by atoms with Crippen LogP contribution in [0.25, 0.3) is 0 Å². The van der Waals surface area contributed by atoms with Crippen molar-refractivity contribution in [3.05, 3.63) is 35.4 Å². The van der Waals surface area contributed by atoms with Gasteiger partial charge in [0.05, 0.1) is 11.0 Å². The van der Waals surface area contributed by atoms with E-state index in [4.69, 9.17) is 0 Å². The molecule has 4 rings (SSSR count). The minimum absolute atomic E-state index is 0.155. The lowest BCUT2D eigenvalue weighted by atomic mass is 9.52. The Labute approximate surface area is 121 Å². The van der Waals surface area contributed by atoms with Gasteiger partial charge in [-0.25, -0.2) is 8.42 Å². The summed E-state index contributed by atoms with van der Waals surface area (Å²) in [5.41, 5.74) is 3.06. The number of rotatable bonds is 3. The average molecular weight is 290 g/mol. The number of fused-ring (bicyclic) bond motifs is 1. The van der Waals surface area contributed by atoms with Gasteiger partial charge < -0.3 is 0 Å². The molecule has 0 aromatic heterocycles. The summed E-state index contributed by atoms with van der Waals surface area (Å²) in [6.07, 6.45) is 7.86. The Bertz CT molecular complexity index is 595. The highest BCUT2D eigenvalue weighted by atomic mass is 32.2. The van der Waals surface area contributed by atoms with Gasteiger partial charge in [-0.1, -0.05) is 30.7 Å². The van der Waals surface area contributed by atoms with Crippen molar-refractivity contribution in [1.29, 1.82) is 0 Å². The van der Waals surface area contributed by atoms with Crippen molar-refractivity contribution in [3.63, 3.8) is 0 Å². The molecule has 2 fully saturated rings. The number of hydrogen-bond donors (Lipinski definition) is 0. The highest BCUT2D eigenvalue weighted by Crippen LogP contribution is 2.59. The van der Waals surface area contributed by atoms with Gasteiger partial charge in [-0.05, 0) is 61.0 Å². The van der Waals surface area contributed by atoms with E-state index < -0.39 is 9.84 Å². The van der Waals surface area contributed by atoms with E-state index in [2.05, 4.69) is 12.1 Å². The van der Waals surface area contributed by atoms with Crippen molar-refractivity contribution < 1.29 is 8.42 Å². The van der Waals surface area contributed by atoms with Crippen LogP contribution in [0, 0.1) is 11.3 Å². The van der Waals surface area contributed by atoms with Crippen LogP contribution in [0.5, 0.6) is 0 Å². The molecule has 0 bridgehead atoms. The van der Waals surface area contributed by atoms with Gasteiger partial charge in [-0.15, -0.1) is 0 Å². The Morgan fingerprint density at radius 3 is 2.15 bits per heavy atom. The predicted molar refractivity (Wildman–Crippen MR) is 80.4 cm³/mol. The topological polar surface area (TPSA) is 34.1 Å². The molecule has 1 spiro atoms. The van der Waals surface area contributed by atoms with Crippen LogP contribution in [-0.4, -0.2) is 19.4 Å². The lowest BCUT2D eigenvalue weighted by molar-refractivity contribution is -0.0147. The molecule has 3 heteroatoms. The first-order chi connectivity index (χ1) is 9.56. The molecular formula is C17H22O2S. The molecule has 20 heavy (non-hydrogen) atoms. The van der Waals surface area contributed by atoms with E-state index in [-0.39, 0.29) is 5.25 Å². The summed E-state index contributed by atoms with van der Waals surface area (Å²) in [5.74, 6) is 0.886. The zero-order valence-electron chi connectivity index (χ0n) is 11.8. The third-order valence-corrected chi connectivity index (χ3v) is 8.13. The molecule has 2 nitrogen and oxygen atoms in total. The molecule has 0 unspecified atom stereocenters. The molecule has 2 saturated carbocycles. The zero-order chi connectivity index (χ0) is 13.8. The smallest absolute Gasteiger partial charge is 0.154 e. The molecule has 0 aliphatic heterocycles. The summed E-state index contributed by atoms with van der Waals surface area (Å²) in [5, 5.41) is -0.155. The van der Waals surface area contributed by atoms with Crippen LogP contribution < -0.4 is 0 Å². The van der Waals surface area contributed by atoms with Gasteiger partial charge in [-0.2, -0.15) is 0 Å². The fourth-order valence-electron chi connectivity index (χ4n) is 4.60. The van der Waals surface area contributed by atoms with Crippen LogP contribution in [-0.2, 0) is 22.7 Å². The highest BCUT2D eigenvalue weighted by Gasteiger charge is 2.49. The summed E-state index contributed by atoms with van der Waals surface area (Å²) in [6.45, 7) is 0. The third-order valence-electron chi connectivity index (χ3n) is 5.85. The van der Waals surface area contributed by atoms with Gasteiger partial charge in [0.25, 0.3) is 0 Å². The van der Waals surface area contributed by atoms with Crippen molar-refractivity contribution in [1.82, 2.24) is 0 Å². The SMILES string of the molecule is O=S(=O)(CC1CC2(CCC2)C1)C1Cc2ccccc2C1. The zero-order valence-corrected chi connectivity index (χ0v) is 12.7. The number of sulfone groups is 1. The maximum absolute atomic E-state index is 12.6. The molecule has 0 atom stereocenters. The molecule has 0 N–H and O–H groups in total. The largest absolute Gasteiger partial charge is 0.229 e. The van der Waals surface area contributed by atoms with Gasteiger partial charge in [0.15, 0.2) is 9.84 Å². The molecule has 0 amide bonds. The van der Waals surface area contributed by atoms with Crippen molar-refractivity contribution in [2.45, 2.75) is 50.2 Å². The molecule has 1 aromatic rings. The summed E-state index contributed by atoms with van der Waals surface area (Å²) in [6, 6.07) is 8.19. The fraction of sp³-hybridized carbons (Fsp3) is 0.647. The van der Waals surface area contributed by atoms with Crippen LogP contribution in [0.2, 0.25) is 0 Å². The standard InChI is InChI=1S/C17H22O2S/c18-20(19,12-13-10-17(11-13)6-3-7-17)16-8-14-4-1-2-5-15(14)9-16/h1-2,4-5,13,16H,3,6-12H2. The summed E-state index contributed by atoms with van der Waals surface area (Å²) in [4.78, 5) is 0. The lowest BCUT2D eigenvalue weighted by Crippen LogP contribution is -2.46. The van der Waals surface area contributed by atoms with E-state index in [0.717, 1.165) is 12.8 Å². The Balaban J connectivity index is 1.41. The van der Waals surface area contributed by atoms with E-state index in [1.807, 2.05) is 12.1 Å². The summed E-state index contributed by atoms with van der Waals surface area (Å²) in [7, 11) is -2.92. The molecule has 108 valence electrons. The van der Waals surface area contributed by atoms with E-state index in [1.54, 1.807) is 0 Å². The van der Waals surface area contributed by atoms with Gasteiger partial charge in [-0.3, -0.25) is 0 Å². The first kappa shape index (κ1) is 12.9. The van der Waals surface area contributed by atoms with Gasteiger partial charge in [0, 0.05) is 0 Å². The molecule has 3 aliphatic carbocycles. The van der Waals surface area contributed by atoms with E-state index in [1.165, 1.54) is 43.2 Å². The van der Waals surface area contributed by atoms with E-state index in [9.17, 15) is 8.42 Å². The molecule has 0 heterocycles. The Morgan fingerprint density at radius 2 is 1.65 bits per heavy atom. The third kappa shape index (κ3) is 2.02. The second kappa shape index (κ2) is 4.33. The van der Waals surface area contributed by atoms with Crippen LogP contribution in [0.3, 0.4) is 0 Å². The lowest BCUT2D eigenvalue weighted by Gasteiger charge is -2.54. The molecule has 0 radical (unpaired) electrons. The maximum Gasteiger partial charge on any atom is 0.154 e. The van der Waals surface area contributed by atoms with Crippen LogP contribution >= 0.6 is 0 Å². The van der Waals surface area contributed by atoms with Crippen LogP contribution in [0.15, 0.2) is 24.3 Å². The van der Waals surface area contributed by atoms with Gasteiger partial charge >= 0.3 is 0 Å². The predicted octanol–water partition coefficient (Wildman–Crippen LogP) is 3.15. The summed E-state index contributed by atoms with van der Waals surface area (Å²) >= 11 is 0. The van der Waals surface area contributed by atoms with Crippen molar-refractivity contribution in [2.24, 2.45) is 11.3 Å². The monoisotopic (exact) mass is 290 g/mol. The molecule has 3 aliphatic rings.